The van der Waals surface area contributed by atoms with Gasteiger partial charge in [-0.25, -0.2) is 4.98 Å². The van der Waals surface area contributed by atoms with Crippen molar-refractivity contribution >= 4 is 51.3 Å². The molecule has 3 nitrogen and oxygen atoms in total. The van der Waals surface area contributed by atoms with E-state index >= 15 is 0 Å². The zero-order valence-electron chi connectivity index (χ0n) is 9.77. The number of rotatable bonds is 3. The predicted octanol–water partition coefficient (Wildman–Crippen LogP) is 3.37. The third kappa shape index (κ3) is 3.39. The van der Waals surface area contributed by atoms with Gasteiger partial charge in [0, 0.05) is 20.5 Å². The van der Waals surface area contributed by atoms with Gasteiger partial charge in [0.25, 0.3) is 0 Å². The molecule has 3 N–H and O–H groups in total. The Hall–Kier alpha value is -1.21. The molecule has 1 heterocycles. The van der Waals surface area contributed by atoms with Crippen LogP contribution in [-0.2, 0) is 0 Å². The van der Waals surface area contributed by atoms with Crippen LogP contribution in [0.2, 0.25) is 0 Å². The number of hydrogen-bond donors (Lipinski definition) is 2. The van der Waals surface area contributed by atoms with Crippen LogP contribution >= 0.6 is 34.8 Å². The van der Waals surface area contributed by atoms with Gasteiger partial charge in [0.15, 0.2) is 0 Å². The Morgan fingerprint density at radius 2 is 2.11 bits per heavy atom. The number of hydrogen-bond acceptors (Lipinski definition) is 3. The lowest BCUT2D eigenvalue weighted by Gasteiger charge is -2.09. The summed E-state index contributed by atoms with van der Waals surface area (Å²) in [6.45, 7) is 1.92. The van der Waals surface area contributed by atoms with Crippen LogP contribution in [0, 0.1) is 10.5 Å². The third-order valence-electron chi connectivity index (χ3n) is 2.33. The second-order valence-electron chi connectivity index (χ2n) is 3.88. The lowest BCUT2D eigenvalue weighted by molar-refractivity contribution is 1.19. The van der Waals surface area contributed by atoms with Crippen LogP contribution in [0.15, 0.2) is 36.4 Å². The molecule has 0 aliphatic heterocycles. The monoisotopic (exact) mass is 369 g/mol. The minimum atomic E-state index is 0.381. The maximum Gasteiger partial charge on any atom is 0.131 e. The molecular formula is C13H12IN3S. The fourth-order valence-electron chi connectivity index (χ4n) is 1.59. The molecule has 1 aromatic carbocycles. The van der Waals surface area contributed by atoms with E-state index in [1.807, 2.05) is 43.3 Å². The van der Waals surface area contributed by atoms with Crippen LogP contribution in [0.1, 0.15) is 11.3 Å². The molecule has 0 unspecified atom stereocenters. The molecule has 0 saturated heterocycles. The highest BCUT2D eigenvalue weighted by molar-refractivity contribution is 14.1. The SMILES string of the molecule is Cc1cc(C(N)=S)cc(Nc2cccc(I)c2)n1. The first-order chi connectivity index (χ1) is 8.54. The van der Waals surface area contributed by atoms with Crippen molar-refractivity contribution in [2.24, 2.45) is 5.73 Å². The summed E-state index contributed by atoms with van der Waals surface area (Å²) in [7, 11) is 0. The molecule has 0 radical (unpaired) electrons. The molecular weight excluding hydrogens is 357 g/mol. The molecule has 5 heteroatoms. The van der Waals surface area contributed by atoms with Crippen LogP contribution in [0.5, 0.6) is 0 Å². The van der Waals surface area contributed by atoms with Crippen LogP contribution in [-0.4, -0.2) is 9.97 Å². The molecule has 0 atom stereocenters. The molecule has 0 fully saturated rings. The van der Waals surface area contributed by atoms with Crippen molar-refractivity contribution in [2.45, 2.75) is 6.92 Å². The van der Waals surface area contributed by atoms with E-state index in [1.54, 1.807) is 0 Å². The van der Waals surface area contributed by atoms with Crippen molar-refractivity contribution < 1.29 is 0 Å². The van der Waals surface area contributed by atoms with Crippen molar-refractivity contribution in [1.29, 1.82) is 0 Å². The minimum absolute atomic E-state index is 0.381. The lowest BCUT2D eigenvalue weighted by Crippen LogP contribution is -2.10. The maximum atomic E-state index is 5.64. The number of aryl methyl sites for hydroxylation is 1. The topological polar surface area (TPSA) is 50.9 Å². The Morgan fingerprint density at radius 1 is 1.33 bits per heavy atom. The largest absolute Gasteiger partial charge is 0.389 e. The highest BCUT2D eigenvalue weighted by Crippen LogP contribution is 2.18. The van der Waals surface area contributed by atoms with E-state index in [1.165, 1.54) is 3.57 Å². The summed E-state index contributed by atoms with van der Waals surface area (Å²) in [5.74, 6) is 0.750. The number of aromatic nitrogens is 1. The fraction of sp³-hybridized carbons (Fsp3) is 0.0769. The molecule has 0 saturated carbocycles. The maximum absolute atomic E-state index is 5.64. The first-order valence-electron chi connectivity index (χ1n) is 5.36. The zero-order valence-corrected chi connectivity index (χ0v) is 12.7. The number of nitrogens with two attached hydrogens (primary N) is 1. The predicted molar refractivity (Wildman–Crippen MR) is 87.3 cm³/mol. The van der Waals surface area contributed by atoms with E-state index in [0.29, 0.717) is 4.99 Å². The van der Waals surface area contributed by atoms with Gasteiger partial charge < -0.3 is 11.1 Å². The Labute approximate surface area is 125 Å². The lowest BCUT2D eigenvalue weighted by atomic mass is 10.2. The van der Waals surface area contributed by atoms with Gasteiger partial charge in [0.2, 0.25) is 0 Å². The highest BCUT2D eigenvalue weighted by Gasteiger charge is 2.03. The molecule has 18 heavy (non-hydrogen) atoms. The van der Waals surface area contributed by atoms with E-state index < -0.39 is 0 Å². The molecule has 2 aromatic rings. The molecule has 1 aromatic heterocycles. The van der Waals surface area contributed by atoms with Crippen molar-refractivity contribution in [3.63, 3.8) is 0 Å². The standard InChI is InChI=1S/C13H12IN3S/c1-8-5-9(13(15)18)6-12(16-8)17-11-4-2-3-10(14)7-11/h2-7H,1H3,(H2,15,18)(H,16,17). The Bertz CT molecular complexity index is 599. The van der Waals surface area contributed by atoms with Gasteiger partial charge in [0.05, 0.1) is 0 Å². The first-order valence-corrected chi connectivity index (χ1v) is 6.84. The first kappa shape index (κ1) is 13.2. The van der Waals surface area contributed by atoms with Gasteiger partial charge in [-0.2, -0.15) is 0 Å². The van der Waals surface area contributed by atoms with Gasteiger partial charge >= 0.3 is 0 Å². The van der Waals surface area contributed by atoms with Crippen molar-refractivity contribution in [2.75, 3.05) is 5.32 Å². The van der Waals surface area contributed by atoms with Gasteiger partial charge in [0.1, 0.15) is 10.8 Å². The van der Waals surface area contributed by atoms with Crippen LogP contribution in [0.4, 0.5) is 11.5 Å². The number of nitrogens with zero attached hydrogens (tertiary/aromatic N) is 1. The number of halogens is 1. The van der Waals surface area contributed by atoms with Crippen molar-refractivity contribution in [1.82, 2.24) is 4.98 Å². The fourth-order valence-corrected chi connectivity index (χ4v) is 2.25. The summed E-state index contributed by atoms with van der Waals surface area (Å²) in [6, 6.07) is 11.8. The van der Waals surface area contributed by atoms with Crippen LogP contribution in [0.25, 0.3) is 0 Å². The average molecular weight is 369 g/mol. The van der Waals surface area contributed by atoms with Crippen molar-refractivity contribution in [3.05, 3.63) is 51.2 Å². The van der Waals surface area contributed by atoms with Gasteiger partial charge in [-0.05, 0) is 59.8 Å². The molecule has 0 spiro atoms. The summed E-state index contributed by atoms with van der Waals surface area (Å²) in [5.41, 5.74) is 8.35. The second-order valence-corrected chi connectivity index (χ2v) is 5.57. The Balaban J connectivity index is 2.31. The number of nitrogens with one attached hydrogen (secondary N) is 1. The summed E-state index contributed by atoms with van der Waals surface area (Å²) in [6.07, 6.45) is 0. The van der Waals surface area contributed by atoms with Gasteiger partial charge in [-0.1, -0.05) is 18.3 Å². The molecule has 0 amide bonds. The van der Waals surface area contributed by atoms with E-state index in [-0.39, 0.29) is 0 Å². The van der Waals surface area contributed by atoms with E-state index in [0.717, 1.165) is 22.8 Å². The van der Waals surface area contributed by atoms with E-state index in [9.17, 15) is 0 Å². The number of benzene rings is 1. The van der Waals surface area contributed by atoms with Crippen LogP contribution < -0.4 is 11.1 Å². The summed E-state index contributed by atoms with van der Waals surface area (Å²) in [4.78, 5) is 4.79. The molecule has 92 valence electrons. The molecule has 0 aliphatic carbocycles. The van der Waals surface area contributed by atoms with Crippen LogP contribution in [0.3, 0.4) is 0 Å². The number of pyridine rings is 1. The summed E-state index contributed by atoms with van der Waals surface area (Å²) < 4.78 is 1.17. The molecule has 2 rings (SSSR count). The van der Waals surface area contributed by atoms with Gasteiger partial charge in [-0.3, -0.25) is 0 Å². The van der Waals surface area contributed by atoms with Gasteiger partial charge in [-0.15, -0.1) is 0 Å². The quantitative estimate of drug-likeness (QED) is 0.644. The van der Waals surface area contributed by atoms with E-state index in [4.69, 9.17) is 18.0 Å². The minimum Gasteiger partial charge on any atom is -0.389 e. The normalized spacial score (nSPS) is 10.1. The van der Waals surface area contributed by atoms with Crippen molar-refractivity contribution in [3.8, 4) is 0 Å². The smallest absolute Gasteiger partial charge is 0.131 e. The zero-order chi connectivity index (χ0) is 13.1. The molecule has 0 bridgehead atoms. The summed E-state index contributed by atoms with van der Waals surface area (Å²) in [5, 5.41) is 3.25. The highest BCUT2D eigenvalue weighted by atomic mass is 127. The van der Waals surface area contributed by atoms with E-state index in [2.05, 4.69) is 32.9 Å². The third-order valence-corrected chi connectivity index (χ3v) is 3.24. The Morgan fingerprint density at radius 3 is 2.78 bits per heavy atom. The molecule has 0 aliphatic rings. The Kier molecular flexibility index (Phi) is 4.13. The number of anilines is 2. The number of thiocarbonyl (C=S) groups is 1. The second kappa shape index (κ2) is 5.62. The average Bonchev–Trinajstić information content (AvgIpc) is 2.28. The summed E-state index contributed by atoms with van der Waals surface area (Å²) >= 11 is 7.26.